The van der Waals surface area contributed by atoms with Gasteiger partial charge in [0.1, 0.15) is 5.82 Å². The Balaban J connectivity index is 3.23. The highest BCUT2D eigenvalue weighted by Crippen LogP contribution is 2.10. The molecular formula is C9H11FN2O. The molecule has 0 fully saturated rings. The van der Waals surface area contributed by atoms with E-state index in [0.717, 1.165) is 0 Å². The van der Waals surface area contributed by atoms with Gasteiger partial charge in [0.05, 0.1) is 17.0 Å². The van der Waals surface area contributed by atoms with Crippen LogP contribution in [0, 0.1) is 19.7 Å². The molecule has 13 heavy (non-hydrogen) atoms. The van der Waals surface area contributed by atoms with Gasteiger partial charge in [0, 0.05) is 7.05 Å². The average Bonchev–Trinajstić information content (AvgIpc) is 2.10. The molecule has 0 aromatic carbocycles. The minimum Gasteiger partial charge on any atom is -0.355 e. The number of carbonyl (C=O) groups is 1. The van der Waals surface area contributed by atoms with Crippen molar-refractivity contribution in [2.75, 3.05) is 7.05 Å². The van der Waals surface area contributed by atoms with E-state index in [2.05, 4.69) is 10.3 Å². The zero-order valence-corrected chi connectivity index (χ0v) is 7.81. The molecule has 1 heterocycles. The summed E-state index contributed by atoms with van der Waals surface area (Å²) in [6, 6.07) is 1.20. The number of nitrogens with one attached hydrogen (secondary N) is 1. The van der Waals surface area contributed by atoms with Crippen molar-refractivity contribution in [2.45, 2.75) is 13.8 Å². The van der Waals surface area contributed by atoms with Gasteiger partial charge in [-0.25, -0.2) is 4.39 Å². The van der Waals surface area contributed by atoms with E-state index in [1.165, 1.54) is 13.1 Å². The fourth-order valence-corrected chi connectivity index (χ4v) is 1.07. The van der Waals surface area contributed by atoms with E-state index in [4.69, 9.17) is 0 Å². The van der Waals surface area contributed by atoms with Gasteiger partial charge in [-0.05, 0) is 19.9 Å². The molecule has 0 aliphatic carbocycles. The van der Waals surface area contributed by atoms with Crippen LogP contribution >= 0.6 is 0 Å². The standard InChI is InChI=1S/C9H11FN2O/c1-5-7(9(13)11-3)4-8(10)6(2)12-5/h4H,1-3H3,(H,11,13). The fraction of sp³-hybridized carbons (Fsp3) is 0.333. The van der Waals surface area contributed by atoms with Crippen molar-refractivity contribution in [1.29, 1.82) is 0 Å². The number of pyridine rings is 1. The Kier molecular flexibility index (Phi) is 2.60. The van der Waals surface area contributed by atoms with Crippen molar-refractivity contribution in [3.8, 4) is 0 Å². The van der Waals surface area contributed by atoms with E-state index < -0.39 is 5.82 Å². The van der Waals surface area contributed by atoms with E-state index in [0.29, 0.717) is 11.4 Å². The van der Waals surface area contributed by atoms with Crippen LogP contribution in [0.5, 0.6) is 0 Å². The molecule has 1 rings (SSSR count). The lowest BCUT2D eigenvalue weighted by Gasteiger charge is -2.04. The van der Waals surface area contributed by atoms with Crippen molar-refractivity contribution in [1.82, 2.24) is 10.3 Å². The van der Waals surface area contributed by atoms with Gasteiger partial charge >= 0.3 is 0 Å². The quantitative estimate of drug-likeness (QED) is 0.709. The molecule has 1 N–H and O–H groups in total. The molecule has 4 heteroatoms. The zero-order chi connectivity index (χ0) is 10.0. The van der Waals surface area contributed by atoms with Gasteiger partial charge in [0.2, 0.25) is 0 Å². The second-order valence-electron chi connectivity index (χ2n) is 2.77. The van der Waals surface area contributed by atoms with E-state index in [-0.39, 0.29) is 11.5 Å². The van der Waals surface area contributed by atoms with Gasteiger partial charge in [0.25, 0.3) is 5.91 Å². The normalized spacial score (nSPS) is 9.85. The Labute approximate surface area is 76.0 Å². The molecule has 70 valence electrons. The Morgan fingerprint density at radius 3 is 2.62 bits per heavy atom. The van der Waals surface area contributed by atoms with Crippen LogP contribution in [0.4, 0.5) is 4.39 Å². The highest BCUT2D eigenvalue weighted by Gasteiger charge is 2.11. The third kappa shape index (κ3) is 1.83. The lowest BCUT2D eigenvalue weighted by atomic mass is 10.1. The Bertz CT molecular complexity index is 350. The molecule has 1 aromatic rings. The summed E-state index contributed by atoms with van der Waals surface area (Å²) < 4.78 is 13.0. The number of aromatic nitrogens is 1. The number of nitrogens with zero attached hydrogens (tertiary/aromatic N) is 1. The van der Waals surface area contributed by atoms with Crippen LogP contribution in [0.3, 0.4) is 0 Å². The van der Waals surface area contributed by atoms with Crippen LogP contribution in [-0.4, -0.2) is 17.9 Å². The predicted octanol–water partition coefficient (Wildman–Crippen LogP) is 1.20. The lowest BCUT2D eigenvalue weighted by molar-refractivity contribution is 0.0961. The van der Waals surface area contributed by atoms with Crippen molar-refractivity contribution in [3.05, 3.63) is 28.8 Å². The molecule has 0 radical (unpaired) electrons. The third-order valence-corrected chi connectivity index (χ3v) is 1.81. The number of hydrogen-bond donors (Lipinski definition) is 1. The summed E-state index contributed by atoms with van der Waals surface area (Å²) in [4.78, 5) is 15.1. The third-order valence-electron chi connectivity index (χ3n) is 1.81. The van der Waals surface area contributed by atoms with Gasteiger partial charge in [-0.2, -0.15) is 0 Å². The molecule has 0 atom stereocenters. The highest BCUT2D eigenvalue weighted by molar-refractivity contribution is 5.94. The van der Waals surface area contributed by atoms with Crippen molar-refractivity contribution in [3.63, 3.8) is 0 Å². The van der Waals surface area contributed by atoms with E-state index in [1.807, 2.05) is 0 Å². The fourth-order valence-electron chi connectivity index (χ4n) is 1.07. The van der Waals surface area contributed by atoms with E-state index >= 15 is 0 Å². The number of halogens is 1. The molecular weight excluding hydrogens is 171 g/mol. The first kappa shape index (κ1) is 9.64. The predicted molar refractivity (Wildman–Crippen MR) is 47.1 cm³/mol. The lowest BCUT2D eigenvalue weighted by Crippen LogP contribution is -2.20. The van der Waals surface area contributed by atoms with Crippen LogP contribution in [0.25, 0.3) is 0 Å². The first-order valence-corrected chi connectivity index (χ1v) is 3.92. The topological polar surface area (TPSA) is 42.0 Å². The second kappa shape index (κ2) is 3.51. The maximum Gasteiger partial charge on any atom is 0.252 e. The molecule has 0 saturated carbocycles. The molecule has 1 amide bonds. The second-order valence-corrected chi connectivity index (χ2v) is 2.77. The van der Waals surface area contributed by atoms with Crippen LogP contribution in [0.1, 0.15) is 21.7 Å². The summed E-state index contributed by atoms with van der Waals surface area (Å²) in [6.07, 6.45) is 0. The van der Waals surface area contributed by atoms with Gasteiger partial charge in [-0.3, -0.25) is 9.78 Å². The Hall–Kier alpha value is -1.45. The summed E-state index contributed by atoms with van der Waals surface area (Å²) in [5.41, 5.74) is 1.13. The maximum atomic E-state index is 13.0. The van der Waals surface area contributed by atoms with Gasteiger partial charge < -0.3 is 5.32 Å². The van der Waals surface area contributed by atoms with Crippen molar-refractivity contribution in [2.24, 2.45) is 0 Å². The highest BCUT2D eigenvalue weighted by atomic mass is 19.1. The van der Waals surface area contributed by atoms with Gasteiger partial charge in [-0.1, -0.05) is 0 Å². The minimum atomic E-state index is -0.454. The molecule has 1 aromatic heterocycles. The number of aryl methyl sites for hydroxylation is 2. The first-order chi connectivity index (χ1) is 6.06. The largest absolute Gasteiger partial charge is 0.355 e. The van der Waals surface area contributed by atoms with Crippen LogP contribution < -0.4 is 5.32 Å². The average molecular weight is 182 g/mol. The minimum absolute atomic E-state index is 0.283. The van der Waals surface area contributed by atoms with Gasteiger partial charge in [-0.15, -0.1) is 0 Å². The van der Waals surface area contributed by atoms with Gasteiger partial charge in [0.15, 0.2) is 0 Å². The van der Waals surface area contributed by atoms with E-state index in [9.17, 15) is 9.18 Å². The SMILES string of the molecule is CNC(=O)c1cc(F)c(C)nc1C. The van der Waals surface area contributed by atoms with Crippen LogP contribution in [0.15, 0.2) is 6.07 Å². The maximum absolute atomic E-state index is 13.0. The summed E-state index contributed by atoms with van der Waals surface area (Å²) >= 11 is 0. The summed E-state index contributed by atoms with van der Waals surface area (Å²) in [6.45, 7) is 3.24. The Morgan fingerprint density at radius 1 is 1.46 bits per heavy atom. The van der Waals surface area contributed by atoms with Crippen LogP contribution in [-0.2, 0) is 0 Å². The number of carbonyl (C=O) groups excluding carboxylic acids is 1. The van der Waals surface area contributed by atoms with Crippen LogP contribution in [0.2, 0.25) is 0 Å². The zero-order valence-electron chi connectivity index (χ0n) is 7.81. The number of amides is 1. The molecule has 0 aliphatic heterocycles. The molecule has 0 unspecified atom stereocenters. The first-order valence-electron chi connectivity index (χ1n) is 3.92. The van der Waals surface area contributed by atoms with Crippen molar-refractivity contribution < 1.29 is 9.18 Å². The van der Waals surface area contributed by atoms with E-state index in [1.54, 1.807) is 13.8 Å². The van der Waals surface area contributed by atoms with Crippen molar-refractivity contribution >= 4 is 5.91 Å². The molecule has 0 spiro atoms. The Morgan fingerprint density at radius 2 is 2.08 bits per heavy atom. The number of hydrogen-bond acceptors (Lipinski definition) is 2. The smallest absolute Gasteiger partial charge is 0.252 e. The molecule has 3 nitrogen and oxygen atoms in total. The molecule has 0 aliphatic rings. The number of rotatable bonds is 1. The molecule has 0 bridgehead atoms. The monoisotopic (exact) mass is 182 g/mol. The summed E-state index contributed by atoms with van der Waals surface area (Å²) in [5.74, 6) is -0.770. The summed E-state index contributed by atoms with van der Waals surface area (Å²) in [7, 11) is 1.50. The summed E-state index contributed by atoms with van der Waals surface area (Å²) in [5, 5.41) is 2.42. The molecule has 0 saturated heterocycles.